The van der Waals surface area contributed by atoms with Crippen LogP contribution >= 0.6 is 0 Å². The van der Waals surface area contributed by atoms with E-state index >= 15 is 0 Å². The Morgan fingerprint density at radius 3 is 2.64 bits per heavy atom. The van der Waals surface area contributed by atoms with Crippen LogP contribution < -0.4 is 10.5 Å². The van der Waals surface area contributed by atoms with Crippen LogP contribution in [0.5, 0.6) is 5.75 Å². The molecule has 0 aliphatic carbocycles. The van der Waals surface area contributed by atoms with Gasteiger partial charge in [0.2, 0.25) is 0 Å². The molecular weight excluding hydrogens is 176 g/mol. The molecule has 0 unspecified atom stereocenters. The molecule has 2 N–H and O–H groups in total. The third-order valence-corrected chi connectivity index (χ3v) is 1.87. The smallest absolute Gasteiger partial charge is 0.123 e. The Morgan fingerprint density at radius 1 is 1.36 bits per heavy atom. The summed E-state index contributed by atoms with van der Waals surface area (Å²) in [4.78, 5) is 2.09. The van der Waals surface area contributed by atoms with Crippen molar-refractivity contribution in [2.24, 2.45) is 0 Å². The van der Waals surface area contributed by atoms with Gasteiger partial charge in [-0.3, -0.25) is 0 Å². The summed E-state index contributed by atoms with van der Waals surface area (Å²) in [7, 11) is 4.05. The molecule has 0 fully saturated rings. The lowest BCUT2D eigenvalue weighted by Crippen LogP contribution is -2.12. The van der Waals surface area contributed by atoms with Crippen LogP contribution in [0.25, 0.3) is 0 Å². The van der Waals surface area contributed by atoms with Crippen molar-refractivity contribution in [3.05, 3.63) is 23.8 Å². The van der Waals surface area contributed by atoms with Crippen LogP contribution in [0.4, 0.5) is 5.69 Å². The van der Waals surface area contributed by atoms with Crippen LogP contribution in [0, 0.1) is 0 Å². The number of nitrogens with two attached hydrogens (primary N) is 1. The van der Waals surface area contributed by atoms with Gasteiger partial charge in [0.05, 0.1) is 6.61 Å². The van der Waals surface area contributed by atoms with Crippen molar-refractivity contribution in [1.82, 2.24) is 4.90 Å². The van der Waals surface area contributed by atoms with Gasteiger partial charge in [0.1, 0.15) is 5.75 Å². The second kappa shape index (κ2) is 4.86. The monoisotopic (exact) mass is 194 g/mol. The molecule has 1 aromatic rings. The van der Waals surface area contributed by atoms with Gasteiger partial charge in [-0.25, -0.2) is 0 Å². The van der Waals surface area contributed by atoms with E-state index in [9.17, 15) is 0 Å². The number of nitrogen functional groups attached to an aromatic ring is 1. The molecule has 1 rings (SSSR count). The van der Waals surface area contributed by atoms with Gasteiger partial charge in [-0.15, -0.1) is 0 Å². The van der Waals surface area contributed by atoms with Gasteiger partial charge < -0.3 is 15.4 Å². The van der Waals surface area contributed by atoms with E-state index in [2.05, 4.69) is 4.90 Å². The molecule has 78 valence electrons. The molecule has 0 heterocycles. The molecule has 14 heavy (non-hydrogen) atoms. The lowest BCUT2D eigenvalue weighted by atomic mass is 10.1. The molecule has 0 aliphatic rings. The Balaban J connectivity index is 2.90. The normalized spacial score (nSPS) is 10.6. The fraction of sp³-hybridized carbons (Fsp3) is 0.455. The molecule has 0 bridgehead atoms. The number of benzene rings is 1. The maximum absolute atomic E-state index is 5.73. The summed E-state index contributed by atoms with van der Waals surface area (Å²) < 4.78 is 5.51. The topological polar surface area (TPSA) is 38.5 Å². The zero-order valence-corrected chi connectivity index (χ0v) is 9.08. The van der Waals surface area contributed by atoms with Crippen molar-refractivity contribution in [1.29, 1.82) is 0 Å². The lowest BCUT2D eigenvalue weighted by molar-refractivity contribution is 0.325. The van der Waals surface area contributed by atoms with Crippen molar-refractivity contribution in [3.63, 3.8) is 0 Å². The van der Waals surface area contributed by atoms with E-state index in [1.54, 1.807) is 0 Å². The minimum atomic E-state index is 0.685. The van der Waals surface area contributed by atoms with E-state index in [0.717, 1.165) is 23.5 Å². The average Bonchev–Trinajstić information content (AvgIpc) is 2.09. The molecule has 1 aromatic carbocycles. The first-order valence-corrected chi connectivity index (χ1v) is 4.79. The minimum absolute atomic E-state index is 0.685. The van der Waals surface area contributed by atoms with E-state index in [1.165, 1.54) is 0 Å². The molecule has 0 aromatic heterocycles. The Kier molecular flexibility index (Phi) is 3.77. The van der Waals surface area contributed by atoms with Gasteiger partial charge in [-0.2, -0.15) is 0 Å². The van der Waals surface area contributed by atoms with Crippen LogP contribution in [0.3, 0.4) is 0 Å². The first kappa shape index (κ1) is 10.9. The Morgan fingerprint density at radius 2 is 2.07 bits per heavy atom. The van der Waals surface area contributed by atoms with Crippen LogP contribution in [0.15, 0.2) is 18.2 Å². The highest BCUT2D eigenvalue weighted by atomic mass is 16.5. The van der Waals surface area contributed by atoms with Gasteiger partial charge >= 0.3 is 0 Å². The first-order valence-electron chi connectivity index (χ1n) is 4.79. The fourth-order valence-corrected chi connectivity index (χ4v) is 1.36. The highest BCUT2D eigenvalue weighted by Gasteiger charge is 2.04. The first-order chi connectivity index (χ1) is 6.63. The van der Waals surface area contributed by atoms with Gasteiger partial charge in [0.15, 0.2) is 0 Å². The Bertz CT molecular complexity index is 297. The molecule has 0 aliphatic heterocycles. The number of rotatable bonds is 4. The molecule has 0 spiro atoms. The van der Waals surface area contributed by atoms with Gasteiger partial charge in [0.25, 0.3) is 0 Å². The van der Waals surface area contributed by atoms with E-state index < -0.39 is 0 Å². The summed E-state index contributed by atoms with van der Waals surface area (Å²) in [6.07, 6.45) is 0. The van der Waals surface area contributed by atoms with E-state index in [1.807, 2.05) is 39.2 Å². The number of hydrogen-bond acceptors (Lipinski definition) is 3. The average molecular weight is 194 g/mol. The molecule has 0 amide bonds. The largest absolute Gasteiger partial charge is 0.494 e. The predicted molar refractivity (Wildman–Crippen MR) is 59.4 cm³/mol. The minimum Gasteiger partial charge on any atom is -0.494 e. The maximum atomic E-state index is 5.73. The van der Waals surface area contributed by atoms with Gasteiger partial charge in [-0.1, -0.05) is 0 Å². The molecule has 3 nitrogen and oxygen atoms in total. The van der Waals surface area contributed by atoms with Crippen LogP contribution in [0.1, 0.15) is 12.5 Å². The third kappa shape index (κ3) is 2.92. The summed E-state index contributed by atoms with van der Waals surface area (Å²) >= 11 is 0. The van der Waals surface area contributed by atoms with Crippen molar-refractivity contribution >= 4 is 5.69 Å². The summed E-state index contributed by atoms with van der Waals surface area (Å²) in [6, 6.07) is 5.76. The second-order valence-electron chi connectivity index (χ2n) is 3.54. The maximum Gasteiger partial charge on any atom is 0.123 e. The highest BCUT2D eigenvalue weighted by Crippen LogP contribution is 2.22. The van der Waals surface area contributed by atoms with Gasteiger partial charge in [-0.05, 0) is 39.2 Å². The number of hydrogen-bond donors (Lipinski definition) is 1. The SMILES string of the molecule is CCOc1ccc(N)cc1CN(C)C. The summed E-state index contributed by atoms with van der Waals surface area (Å²) in [6.45, 7) is 3.51. The molecular formula is C11H18N2O. The van der Waals surface area contributed by atoms with E-state index in [-0.39, 0.29) is 0 Å². The fourth-order valence-electron chi connectivity index (χ4n) is 1.36. The van der Waals surface area contributed by atoms with Gasteiger partial charge in [0, 0.05) is 17.8 Å². The summed E-state index contributed by atoms with van der Waals surface area (Å²) in [5.74, 6) is 0.926. The standard InChI is InChI=1S/C11H18N2O/c1-4-14-11-6-5-10(12)7-9(11)8-13(2)3/h5-7H,4,8,12H2,1-3H3. The summed E-state index contributed by atoms with van der Waals surface area (Å²) in [5.41, 5.74) is 7.64. The second-order valence-corrected chi connectivity index (χ2v) is 3.54. The van der Waals surface area contributed by atoms with Crippen molar-refractivity contribution in [2.75, 3.05) is 26.4 Å². The molecule has 0 saturated heterocycles. The molecule has 0 atom stereocenters. The van der Waals surface area contributed by atoms with E-state index in [4.69, 9.17) is 10.5 Å². The number of nitrogens with zero attached hydrogens (tertiary/aromatic N) is 1. The van der Waals surface area contributed by atoms with Crippen molar-refractivity contribution < 1.29 is 4.74 Å². The quantitative estimate of drug-likeness (QED) is 0.742. The van der Waals surface area contributed by atoms with E-state index in [0.29, 0.717) is 6.61 Å². The molecule has 0 radical (unpaired) electrons. The predicted octanol–water partition coefficient (Wildman–Crippen LogP) is 1.73. The lowest BCUT2D eigenvalue weighted by Gasteiger charge is -2.14. The van der Waals surface area contributed by atoms with Crippen LogP contribution in [0.2, 0.25) is 0 Å². The zero-order valence-electron chi connectivity index (χ0n) is 9.08. The number of ether oxygens (including phenoxy) is 1. The Labute approximate surface area is 85.5 Å². The zero-order chi connectivity index (χ0) is 10.6. The number of anilines is 1. The third-order valence-electron chi connectivity index (χ3n) is 1.87. The van der Waals surface area contributed by atoms with Crippen LogP contribution in [-0.4, -0.2) is 25.6 Å². The summed E-state index contributed by atoms with van der Waals surface area (Å²) in [5, 5.41) is 0. The van der Waals surface area contributed by atoms with Crippen LogP contribution in [-0.2, 0) is 6.54 Å². The molecule has 0 saturated carbocycles. The van der Waals surface area contributed by atoms with Crippen molar-refractivity contribution in [3.8, 4) is 5.75 Å². The molecule has 3 heteroatoms. The highest BCUT2D eigenvalue weighted by molar-refractivity contribution is 5.47. The van der Waals surface area contributed by atoms with Crippen molar-refractivity contribution in [2.45, 2.75) is 13.5 Å². The Hall–Kier alpha value is -1.22.